The summed E-state index contributed by atoms with van der Waals surface area (Å²) >= 11 is 6.12. The number of imide groups is 1. The molecule has 0 unspecified atom stereocenters. The number of fused-ring (bicyclic) bond motifs is 1. The van der Waals surface area contributed by atoms with Crippen molar-refractivity contribution in [3.63, 3.8) is 0 Å². The van der Waals surface area contributed by atoms with Crippen LogP contribution in [0, 0.1) is 18.8 Å². The molecule has 3 amide bonds. The highest BCUT2D eigenvalue weighted by molar-refractivity contribution is 6.30. The molecular weight excluding hydrogens is 378 g/mol. The Hall–Kier alpha value is -2.34. The minimum Gasteiger partial charge on any atom is -0.368 e. The number of anilines is 1. The average molecular weight is 402 g/mol. The van der Waals surface area contributed by atoms with Gasteiger partial charge in [-0.25, -0.2) is 0 Å². The van der Waals surface area contributed by atoms with E-state index in [0.29, 0.717) is 44.0 Å². The molecule has 0 radical (unpaired) electrons. The standard InChI is InChI=1S/C21H24ClN3O3/c1-14-6-7-15(22)12-18(14)23-8-10-24(11-9-23)19(26)13-25-20(27)16-4-2-3-5-17(16)21(25)28/h2-3,6-7,12,16-17H,4-5,8-11,13H2,1H3/t16-,17-/m0/s1. The van der Waals surface area contributed by atoms with Gasteiger partial charge < -0.3 is 9.80 Å². The van der Waals surface area contributed by atoms with Crippen LogP contribution in [0.5, 0.6) is 0 Å². The van der Waals surface area contributed by atoms with Crippen LogP contribution in [0.3, 0.4) is 0 Å². The van der Waals surface area contributed by atoms with E-state index in [2.05, 4.69) is 4.90 Å². The molecule has 1 aromatic carbocycles. The number of halogens is 1. The Morgan fingerprint density at radius 2 is 1.64 bits per heavy atom. The van der Waals surface area contributed by atoms with Crippen molar-refractivity contribution >= 4 is 35.0 Å². The molecule has 2 atom stereocenters. The Morgan fingerprint density at radius 1 is 1.04 bits per heavy atom. The van der Waals surface area contributed by atoms with Gasteiger partial charge in [-0.1, -0.05) is 29.8 Å². The first-order valence-electron chi connectivity index (χ1n) is 9.75. The van der Waals surface area contributed by atoms with Gasteiger partial charge >= 0.3 is 0 Å². The van der Waals surface area contributed by atoms with Crippen molar-refractivity contribution in [2.75, 3.05) is 37.6 Å². The maximum atomic E-state index is 12.7. The third-order valence-electron chi connectivity index (χ3n) is 6.04. The molecule has 2 heterocycles. The van der Waals surface area contributed by atoms with Gasteiger partial charge in [0.25, 0.3) is 0 Å². The lowest BCUT2D eigenvalue weighted by molar-refractivity contribution is -0.146. The van der Waals surface area contributed by atoms with Crippen molar-refractivity contribution in [1.29, 1.82) is 0 Å². The SMILES string of the molecule is Cc1ccc(Cl)cc1N1CCN(C(=O)CN2C(=O)[C@H]3CC=CC[C@@H]3C2=O)CC1. The molecule has 2 saturated heterocycles. The molecule has 28 heavy (non-hydrogen) atoms. The summed E-state index contributed by atoms with van der Waals surface area (Å²) in [6.45, 7) is 4.43. The lowest BCUT2D eigenvalue weighted by Gasteiger charge is -2.37. The number of allylic oxidation sites excluding steroid dienone is 2. The van der Waals surface area contributed by atoms with Gasteiger partial charge in [-0.15, -0.1) is 0 Å². The van der Waals surface area contributed by atoms with Gasteiger partial charge in [0.05, 0.1) is 11.8 Å². The zero-order valence-corrected chi connectivity index (χ0v) is 16.7. The van der Waals surface area contributed by atoms with Crippen LogP contribution in [0.2, 0.25) is 5.02 Å². The number of carbonyl (C=O) groups excluding carboxylic acids is 3. The van der Waals surface area contributed by atoms with E-state index in [0.717, 1.165) is 11.3 Å². The molecule has 3 aliphatic rings. The van der Waals surface area contributed by atoms with Crippen molar-refractivity contribution in [2.45, 2.75) is 19.8 Å². The van der Waals surface area contributed by atoms with E-state index in [-0.39, 0.29) is 36.1 Å². The molecule has 0 bridgehead atoms. The second-order valence-electron chi connectivity index (χ2n) is 7.72. The van der Waals surface area contributed by atoms with Crippen LogP contribution >= 0.6 is 11.6 Å². The van der Waals surface area contributed by atoms with Gasteiger partial charge in [0.1, 0.15) is 6.54 Å². The first-order chi connectivity index (χ1) is 13.5. The van der Waals surface area contributed by atoms with Crippen LogP contribution in [0.4, 0.5) is 5.69 Å². The molecule has 148 valence electrons. The third-order valence-corrected chi connectivity index (χ3v) is 6.27. The molecule has 0 spiro atoms. The van der Waals surface area contributed by atoms with Gasteiger partial charge in [-0.2, -0.15) is 0 Å². The summed E-state index contributed by atoms with van der Waals surface area (Å²) < 4.78 is 0. The second-order valence-corrected chi connectivity index (χ2v) is 8.15. The summed E-state index contributed by atoms with van der Waals surface area (Å²) in [6.07, 6.45) is 5.10. The van der Waals surface area contributed by atoms with E-state index >= 15 is 0 Å². The summed E-state index contributed by atoms with van der Waals surface area (Å²) in [6, 6.07) is 5.82. The maximum absolute atomic E-state index is 12.7. The summed E-state index contributed by atoms with van der Waals surface area (Å²) in [5, 5.41) is 0.695. The van der Waals surface area contributed by atoms with Crippen LogP contribution in [0.15, 0.2) is 30.4 Å². The minimum absolute atomic E-state index is 0.138. The van der Waals surface area contributed by atoms with E-state index in [1.54, 1.807) is 4.90 Å². The highest BCUT2D eigenvalue weighted by Gasteiger charge is 2.48. The van der Waals surface area contributed by atoms with Gasteiger partial charge in [-0.3, -0.25) is 19.3 Å². The number of aryl methyl sites for hydroxylation is 1. The van der Waals surface area contributed by atoms with Gasteiger partial charge in [0, 0.05) is 36.9 Å². The van der Waals surface area contributed by atoms with Crippen LogP contribution in [-0.4, -0.2) is 60.2 Å². The van der Waals surface area contributed by atoms with E-state index in [9.17, 15) is 14.4 Å². The number of hydrogen-bond donors (Lipinski definition) is 0. The van der Waals surface area contributed by atoms with Crippen molar-refractivity contribution in [2.24, 2.45) is 11.8 Å². The number of likely N-dealkylation sites (tertiary alicyclic amines) is 1. The Kier molecular flexibility index (Phi) is 5.15. The Labute approximate surface area is 169 Å². The van der Waals surface area contributed by atoms with Crippen molar-refractivity contribution in [1.82, 2.24) is 9.80 Å². The highest BCUT2D eigenvalue weighted by Crippen LogP contribution is 2.35. The molecular formula is C21H24ClN3O3. The minimum atomic E-state index is -0.284. The Balaban J connectivity index is 1.36. The normalized spacial score (nSPS) is 24.7. The fourth-order valence-corrected chi connectivity index (χ4v) is 4.55. The van der Waals surface area contributed by atoms with E-state index in [1.165, 1.54) is 4.90 Å². The average Bonchev–Trinajstić information content (AvgIpc) is 2.95. The van der Waals surface area contributed by atoms with Gasteiger partial charge in [-0.05, 0) is 37.5 Å². The lowest BCUT2D eigenvalue weighted by atomic mass is 9.85. The zero-order valence-electron chi connectivity index (χ0n) is 15.9. The van der Waals surface area contributed by atoms with E-state index in [1.807, 2.05) is 37.3 Å². The number of amides is 3. The van der Waals surface area contributed by atoms with Crippen molar-refractivity contribution < 1.29 is 14.4 Å². The number of carbonyl (C=O) groups is 3. The maximum Gasteiger partial charge on any atom is 0.242 e. The Morgan fingerprint density at radius 3 is 2.25 bits per heavy atom. The summed E-state index contributed by atoms with van der Waals surface area (Å²) in [7, 11) is 0. The quantitative estimate of drug-likeness (QED) is 0.575. The highest BCUT2D eigenvalue weighted by atomic mass is 35.5. The fraction of sp³-hybridized carbons (Fsp3) is 0.476. The van der Waals surface area contributed by atoms with Crippen molar-refractivity contribution in [3.8, 4) is 0 Å². The zero-order chi connectivity index (χ0) is 19.8. The Bertz CT molecular complexity index is 819. The first kappa shape index (κ1) is 19.0. The first-order valence-corrected chi connectivity index (χ1v) is 10.1. The van der Waals surface area contributed by atoms with Gasteiger partial charge in [0.15, 0.2) is 0 Å². The molecule has 2 aliphatic heterocycles. The topological polar surface area (TPSA) is 60.9 Å². The largest absolute Gasteiger partial charge is 0.368 e. The smallest absolute Gasteiger partial charge is 0.242 e. The van der Waals surface area contributed by atoms with Crippen LogP contribution in [0.1, 0.15) is 18.4 Å². The third kappa shape index (κ3) is 3.41. The molecule has 0 aromatic heterocycles. The van der Waals surface area contributed by atoms with Crippen molar-refractivity contribution in [3.05, 3.63) is 40.9 Å². The number of nitrogens with zero attached hydrogens (tertiary/aromatic N) is 3. The number of hydrogen-bond acceptors (Lipinski definition) is 4. The van der Waals surface area contributed by atoms with E-state index < -0.39 is 0 Å². The van der Waals surface area contributed by atoms with Crippen LogP contribution < -0.4 is 4.90 Å². The monoisotopic (exact) mass is 401 g/mol. The molecule has 6 nitrogen and oxygen atoms in total. The molecule has 2 fully saturated rings. The predicted octanol–water partition coefficient (Wildman–Crippen LogP) is 2.25. The molecule has 4 rings (SSSR count). The summed E-state index contributed by atoms with van der Waals surface area (Å²) in [5.41, 5.74) is 2.23. The van der Waals surface area contributed by atoms with E-state index in [4.69, 9.17) is 11.6 Å². The van der Waals surface area contributed by atoms with Gasteiger partial charge in [0.2, 0.25) is 17.7 Å². The number of rotatable bonds is 3. The van der Waals surface area contributed by atoms with Crippen LogP contribution in [-0.2, 0) is 14.4 Å². The predicted molar refractivity (Wildman–Crippen MR) is 107 cm³/mol. The molecule has 0 saturated carbocycles. The molecule has 0 N–H and O–H groups in total. The van der Waals surface area contributed by atoms with Crippen LogP contribution in [0.25, 0.3) is 0 Å². The fourth-order valence-electron chi connectivity index (χ4n) is 4.38. The number of benzene rings is 1. The summed E-state index contributed by atoms with van der Waals surface area (Å²) in [4.78, 5) is 43.0. The number of piperazine rings is 1. The second kappa shape index (κ2) is 7.59. The lowest BCUT2D eigenvalue weighted by Crippen LogP contribution is -2.52. The molecule has 7 heteroatoms. The summed E-state index contributed by atoms with van der Waals surface area (Å²) in [5.74, 6) is -1.11. The molecule has 1 aliphatic carbocycles. The molecule has 1 aromatic rings.